The molecule has 2 N–H and O–H groups in total. The normalized spacial score (nSPS) is 12.7. The number of hydrogen-bond acceptors (Lipinski definition) is 3. The topological polar surface area (TPSA) is 42.1 Å². The molecule has 1 aromatic heterocycles. The molecule has 1 unspecified atom stereocenters. The summed E-state index contributed by atoms with van der Waals surface area (Å²) in [5.74, 6) is 0. The predicted molar refractivity (Wildman–Crippen MR) is 73.4 cm³/mol. The van der Waals surface area contributed by atoms with Crippen molar-refractivity contribution in [2.24, 2.45) is 5.73 Å². The molecule has 3 nitrogen and oxygen atoms in total. The van der Waals surface area contributed by atoms with Crippen LogP contribution in [0.1, 0.15) is 12.5 Å². The van der Waals surface area contributed by atoms with Crippen LogP contribution in [0.15, 0.2) is 30.5 Å². The molecule has 0 radical (unpaired) electrons. The number of rotatable bonds is 3. The number of aromatic nitrogens is 1. The first kappa shape index (κ1) is 11.9. The van der Waals surface area contributed by atoms with Crippen molar-refractivity contribution in [3.63, 3.8) is 0 Å². The van der Waals surface area contributed by atoms with Crippen LogP contribution in [0.2, 0.25) is 0 Å². The molecule has 0 aliphatic heterocycles. The summed E-state index contributed by atoms with van der Waals surface area (Å²) in [6.07, 6.45) is 1.86. The maximum Gasteiger partial charge on any atom is 0.0751 e. The molecule has 0 bridgehead atoms. The number of aryl methyl sites for hydroxylation is 1. The molecule has 3 heteroatoms. The summed E-state index contributed by atoms with van der Waals surface area (Å²) in [7, 11) is 2.07. The Bertz CT molecular complexity index is 520. The van der Waals surface area contributed by atoms with Gasteiger partial charge in [-0.3, -0.25) is 4.98 Å². The Morgan fingerprint density at radius 1 is 1.35 bits per heavy atom. The third-order valence-electron chi connectivity index (χ3n) is 2.92. The second-order valence-electron chi connectivity index (χ2n) is 4.66. The number of fused-ring (bicyclic) bond motifs is 1. The zero-order valence-corrected chi connectivity index (χ0v) is 10.6. The highest BCUT2D eigenvalue weighted by atomic mass is 15.1. The lowest BCUT2D eigenvalue weighted by molar-refractivity contribution is 0.719. The number of para-hydroxylation sites is 1. The van der Waals surface area contributed by atoms with Crippen molar-refractivity contribution < 1.29 is 0 Å². The van der Waals surface area contributed by atoms with Crippen molar-refractivity contribution in [1.82, 2.24) is 4.98 Å². The van der Waals surface area contributed by atoms with Crippen molar-refractivity contribution in [1.29, 1.82) is 0 Å². The third kappa shape index (κ3) is 2.39. The van der Waals surface area contributed by atoms with Gasteiger partial charge in [0.05, 0.1) is 5.52 Å². The minimum Gasteiger partial charge on any atom is -0.372 e. The zero-order valence-electron chi connectivity index (χ0n) is 10.6. The Kier molecular flexibility index (Phi) is 3.29. The number of likely N-dealkylation sites (N-methyl/N-ethyl adjacent to an activating group) is 1. The third-order valence-corrected chi connectivity index (χ3v) is 2.92. The second kappa shape index (κ2) is 4.72. The van der Waals surface area contributed by atoms with Crippen molar-refractivity contribution in [2.75, 3.05) is 18.5 Å². The Hall–Kier alpha value is -1.61. The number of benzene rings is 1. The fourth-order valence-electron chi connectivity index (χ4n) is 2.17. The maximum atomic E-state index is 5.85. The minimum absolute atomic E-state index is 0.160. The molecule has 0 fully saturated rings. The van der Waals surface area contributed by atoms with Crippen LogP contribution in [-0.4, -0.2) is 24.6 Å². The molecule has 0 saturated carbocycles. The lowest BCUT2D eigenvalue weighted by atomic mass is 10.1. The van der Waals surface area contributed by atoms with E-state index in [0.29, 0.717) is 0 Å². The first-order chi connectivity index (χ1) is 8.09. The Balaban J connectivity index is 2.51. The average molecular weight is 229 g/mol. The number of nitrogens with two attached hydrogens (primary N) is 1. The van der Waals surface area contributed by atoms with Crippen LogP contribution in [0.4, 0.5) is 5.69 Å². The maximum absolute atomic E-state index is 5.85. The van der Waals surface area contributed by atoms with E-state index in [4.69, 9.17) is 5.73 Å². The first-order valence-electron chi connectivity index (χ1n) is 5.90. The van der Waals surface area contributed by atoms with Crippen molar-refractivity contribution in [2.45, 2.75) is 19.9 Å². The van der Waals surface area contributed by atoms with E-state index in [2.05, 4.69) is 42.1 Å². The second-order valence-corrected chi connectivity index (χ2v) is 4.66. The van der Waals surface area contributed by atoms with Crippen molar-refractivity contribution in [3.8, 4) is 0 Å². The summed E-state index contributed by atoms with van der Waals surface area (Å²) in [6, 6.07) is 8.48. The van der Waals surface area contributed by atoms with Gasteiger partial charge >= 0.3 is 0 Å². The van der Waals surface area contributed by atoms with Crippen LogP contribution in [0, 0.1) is 6.92 Å². The highest BCUT2D eigenvalue weighted by molar-refractivity contribution is 5.93. The highest BCUT2D eigenvalue weighted by Gasteiger charge is 2.08. The molecular formula is C14H19N3. The van der Waals surface area contributed by atoms with Crippen LogP contribution >= 0.6 is 0 Å². The van der Waals surface area contributed by atoms with Gasteiger partial charge in [-0.1, -0.05) is 18.2 Å². The molecule has 2 aromatic rings. The molecule has 90 valence electrons. The molecule has 0 saturated heterocycles. The van der Waals surface area contributed by atoms with Crippen LogP contribution < -0.4 is 10.6 Å². The number of pyridine rings is 1. The standard InChI is InChI=1S/C14H19N3/c1-10-5-4-6-12-13(7-8-16-14(10)12)17(3)9-11(2)15/h4-8,11H,9,15H2,1-3H3. The van der Waals surface area contributed by atoms with E-state index < -0.39 is 0 Å². The van der Waals surface area contributed by atoms with Gasteiger partial charge in [-0.05, 0) is 25.5 Å². The van der Waals surface area contributed by atoms with Crippen molar-refractivity contribution >= 4 is 16.6 Å². The summed E-state index contributed by atoms with van der Waals surface area (Å²) in [4.78, 5) is 6.63. The van der Waals surface area contributed by atoms with Crippen LogP contribution in [0.25, 0.3) is 10.9 Å². The Morgan fingerprint density at radius 2 is 2.12 bits per heavy atom. The Labute approximate surface area is 102 Å². The highest BCUT2D eigenvalue weighted by Crippen LogP contribution is 2.26. The molecule has 0 aliphatic rings. The van der Waals surface area contributed by atoms with Crippen LogP contribution in [0.3, 0.4) is 0 Å². The smallest absolute Gasteiger partial charge is 0.0751 e. The first-order valence-corrected chi connectivity index (χ1v) is 5.90. The summed E-state index contributed by atoms with van der Waals surface area (Å²) < 4.78 is 0. The molecule has 1 heterocycles. The van der Waals surface area contributed by atoms with Gasteiger partial charge in [-0.15, -0.1) is 0 Å². The quantitative estimate of drug-likeness (QED) is 0.878. The molecule has 1 atom stereocenters. The zero-order chi connectivity index (χ0) is 12.4. The number of anilines is 1. The van der Waals surface area contributed by atoms with Gasteiger partial charge in [0, 0.05) is 36.9 Å². The van der Waals surface area contributed by atoms with E-state index >= 15 is 0 Å². The summed E-state index contributed by atoms with van der Waals surface area (Å²) in [5.41, 5.74) is 9.32. The van der Waals surface area contributed by atoms with Gasteiger partial charge in [0.25, 0.3) is 0 Å². The van der Waals surface area contributed by atoms with E-state index in [1.165, 1.54) is 16.6 Å². The van der Waals surface area contributed by atoms with Gasteiger partial charge in [0.2, 0.25) is 0 Å². The lowest BCUT2D eigenvalue weighted by Gasteiger charge is -2.23. The van der Waals surface area contributed by atoms with E-state index in [-0.39, 0.29) is 6.04 Å². The van der Waals surface area contributed by atoms with E-state index in [9.17, 15) is 0 Å². The fourth-order valence-corrected chi connectivity index (χ4v) is 2.17. The van der Waals surface area contributed by atoms with Gasteiger partial charge in [0.15, 0.2) is 0 Å². The van der Waals surface area contributed by atoms with E-state index in [1.807, 2.05) is 19.2 Å². The van der Waals surface area contributed by atoms with Crippen LogP contribution in [0.5, 0.6) is 0 Å². The van der Waals surface area contributed by atoms with E-state index in [0.717, 1.165) is 12.1 Å². The van der Waals surface area contributed by atoms with Gasteiger partial charge < -0.3 is 10.6 Å². The molecule has 1 aromatic carbocycles. The summed E-state index contributed by atoms with van der Waals surface area (Å²) >= 11 is 0. The van der Waals surface area contributed by atoms with Gasteiger partial charge in [-0.25, -0.2) is 0 Å². The Morgan fingerprint density at radius 3 is 2.82 bits per heavy atom. The molecular weight excluding hydrogens is 210 g/mol. The molecule has 0 amide bonds. The monoisotopic (exact) mass is 229 g/mol. The summed E-state index contributed by atoms with van der Waals surface area (Å²) in [6.45, 7) is 4.95. The van der Waals surface area contributed by atoms with Gasteiger partial charge in [0.1, 0.15) is 0 Å². The SMILES string of the molecule is Cc1cccc2c(N(C)CC(C)N)ccnc12. The minimum atomic E-state index is 0.160. The van der Waals surface area contributed by atoms with Crippen LogP contribution in [-0.2, 0) is 0 Å². The average Bonchev–Trinajstić information content (AvgIpc) is 2.28. The van der Waals surface area contributed by atoms with Gasteiger partial charge in [-0.2, -0.15) is 0 Å². The van der Waals surface area contributed by atoms with Crippen molar-refractivity contribution in [3.05, 3.63) is 36.0 Å². The fraction of sp³-hybridized carbons (Fsp3) is 0.357. The summed E-state index contributed by atoms with van der Waals surface area (Å²) in [5, 5.41) is 1.19. The molecule has 17 heavy (non-hydrogen) atoms. The largest absolute Gasteiger partial charge is 0.372 e. The molecule has 0 aliphatic carbocycles. The number of hydrogen-bond donors (Lipinski definition) is 1. The molecule has 0 spiro atoms. The van der Waals surface area contributed by atoms with E-state index in [1.54, 1.807) is 0 Å². The lowest BCUT2D eigenvalue weighted by Crippen LogP contribution is -2.32. The number of nitrogens with zero attached hydrogens (tertiary/aromatic N) is 2. The predicted octanol–water partition coefficient (Wildman–Crippen LogP) is 2.33. The molecule has 2 rings (SSSR count).